The van der Waals surface area contributed by atoms with Gasteiger partial charge in [-0.05, 0) is 68.0 Å². The first-order chi connectivity index (χ1) is 15.2. The number of anilines is 1. The van der Waals surface area contributed by atoms with Gasteiger partial charge in [0.15, 0.2) is 0 Å². The Balaban J connectivity index is 1.18. The van der Waals surface area contributed by atoms with Crippen molar-refractivity contribution >= 4 is 33.8 Å². The van der Waals surface area contributed by atoms with E-state index in [9.17, 15) is 4.79 Å². The van der Waals surface area contributed by atoms with Crippen LogP contribution in [0.1, 0.15) is 34.5 Å². The number of carbonyl (C=O) groups is 1. The molecule has 7 heteroatoms. The zero-order valence-electron chi connectivity index (χ0n) is 17.3. The molecular weight excluding hydrogens is 408 g/mol. The molecule has 1 fully saturated rings. The molecule has 0 unspecified atom stereocenters. The highest BCUT2D eigenvalue weighted by Crippen LogP contribution is 2.28. The van der Waals surface area contributed by atoms with Crippen LogP contribution in [0.4, 0.5) is 5.69 Å². The smallest absolute Gasteiger partial charge is 0.255 e. The monoisotopic (exact) mass is 434 g/mol. The first-order valence-electron chi connectivity index (χ1n) is 10.8. The lowest BCUT2D eigenvalue weighted by Gasteiger charge is -2.24. The van der Waals surface area contributed by atoms with E-state index in [1.807, 2.05) is 41.7 Å². The van der Waals surface area contributed by atoms with E-state index < -0.39 is 0 Å². The molecule has 160 valence electrons. The molecule has 1 aromatic carbocycles. The third-order valence-electron chi connectivity index (χ3n) is 5.99. The highest BCUT2D eigenvalue weighted by atomic mass is 32.1. The summed E-state index contributed by atoms with van der Waals surface area (Å²) in [6.07, 6.45) is 12.5. The molecule has 2 aliphatic heterocycles. The van der Waals surface area contributed by atoms with Crippen molar-refractivity contribution in [3.8, 4) is 0 Å². The Bertz CT molecular complexity index is 1120. The highest BCUT2D eigenvalue weighted by Gasteiger charge is 2.17. The lowest BCUT2D eigenvalue weighted by molar-refractivity contribution is 0.0641. The standard InChI is InChI=1S/C24H26N4O2S/c29-24(18-4-6-23-19(12-18)14-25-27-23)26-20-2-1-9-28(15-20)21-13-22(31-16-21)5-3-17-7-10-30-11-8-17/h1-2,4,6,9,12-14,16-17H,3,5,7-8,10-11,15H2,(H,25,27)(H,26,29). The van der Waals surface area contributed by atoms with Gasteiger partial charge in [-0.3, -0.25) is 9.89 Å². The van der Waals surface area contributed by atoms with Crippen molar-refractivity contribution in [3.05, 3.63) is 70.3 Å². The lowest BCUT2D eigenvalue weighted by atomic mass is 9.95. The Labute approximate surface area is 185 Å². The lowest BCUT2D eigenvalue weighted by Crippen LogP contribution is -2.32. The van der Waals surface area contributed by atoms with Gasteiger partial charge in [0, 0.05) is 46.3 Å². The highest BCUT2D eigenvalue weighted by molar-refractivity contribution is 7.10. The van der Waals surface area contributed by atoms with E-state index in [1.165, 1.54) is 29.8 Å². The van der Waals surface area contributed by atoms with Crippen LogP contribution in [0.25, 0.3) is 10.9 Å². The molecule has 0 radical (unpaired) electrons. The van der Waals surface area contributed by atoms with Gasteiger partial charge < -0.3 is 15.0 Å². The number of hydrogen-bond acceptors (Lipinski definition) is 5. The number of aromatic amines is 1. The minimum atomic E-state index is -0.105. The van der Waals surface area contributed by atoms with E-state index in [1.54, 1.807) is 6.20 Å². The average molecular weight is 435 g/mol. The number of allylic oxidation sites excluding steroid dienone is 2. The third-order valence-corrected chi connectivity index (χ3v) is 6.98. The van der Waals surface area contributed by atoms with Crippen LogP contribution in [0, 0.1) is 5.92 Å². The van der Waals surface area contributed by atoms with Gasteiger partial charge in [0.05, 0.1) is 23.9 Å². The minimum Gasteiger partial charge on any atom is -0.381 e. The van der Waals surface area contributed by atoms with Gasteiger partial charge in [-0.25, -0.2) is 0 Å². The molecule has 2 aliphatic rings. The second kappa shape index (κ2) is 9.08. The van der Waals surface area contributed by atoms with Crippen LogP contribution in [0.3, 0.4) is 0 Å². The topological polar surface area (TPSA) is 70.2 Å². The SMILES string of the molecule is O=C(NC1=CC=CN(c2csc(CCC3CCOCC3)c2)C1)c1ccc2[nH]ncc2c1. The largest absolute Gasteiger partial charge is 0.381 e. The number of nitrogens with zero attached hydrogens (tertiary/aromatic N) is 2. The summed E-state index contributed by atoms with van der Waals surface area (Å²) in [5.74, 6) is 0.687. The maximum absolute atomic E-state index is 12.7. The van der Waals surface area contributed by atoms with Crippen LogP contribution in [0.5, 0.6) is 0 Å². The molecule has 0 spiro atoms. The molecular formula is C24H26N4O2S. The van der Waals surface area contributed by atoms with Gasteiger partial charge in [0.1, 0.15) is 0 Å². The maximum atomic E-state index is 12.7. The Kier molecular flexibility index (Phi) is 5.86. The number of amides is 1. The fraction of sp³-hybridized carbons (Fsp3) is 0.333. The molecule has 4 heterocycles. The Morgan fingerprint density at radius 2 is 2.19 bits per heavy atom. The van der Waals surface area contributed by atoms with Crippen LogP contribution in [-0.4, -0.2) is 35.9 Å². The minimum absolute atomic E-state index is 0.105. The first-order valence-corrected chi connectivity index (χ1v) is 11.7. The second-order valence-corrected chi connectivity index (χ2v) is 9.15. The van der Waals surface area contributed by atoms with E-state index in [-0.39, 0.29) is 5.91 Å². The summed E-state index contributed by atoms with van der Waals surface area (Å²) in [7, 11) is 0. The molecule has 1 saturated heterocycles. The number of rotatable bonds is 6. The van der Waals surface area contributed by atoms with Crippen molar-refractivity contribution in [2.24, 2.45) is 5.92 Å². The van der Waals surface area contributed by atoms with E-state index in [0.717, 1.165) is 42.2 Å². The molecule has 5 rings (SSSR count). The molecule has 2 aromatic heterocycles. The molecule has 2 N–H and O–H groups in total. The number of carbonyl (C=O) groups excluding carboxylic acids is 1. The Morgan fingerprint density at radius 1 is 1.29 bits per heavy atom. The number of nitrogens with one attached hydrogen (secondary N) is 2. The zero-order chi connectivity index (χ0) is 21.0. The molecule has 0 saturated carbocycles. The normalized spacial score (nSPS) is 17.2. The number of fused-ring (bicyclic) bond motifs is 1. The predicted octanol–water partition coefficient (Wildman–Crippen LogP) is 4.63. The molecule has 31 heavy (non-hydrogen) atoms. The van der Waals surface area contributed by atoms with Crippen LogP contribution in [-0.2, 0) is 11.2 Å². The van der Waals surface area contributed by atoms with Crippen molar-refractivity contribution < 1.29 is 9.53 Å². The van der Waals surface area contributed by atoms with Crippen molar-refractivity contribution in [2.75, 3.05) is 24.7 Å². The van der Waals surface area contributed by atoms with Crippen molar-refractivity contribution in [2.45, 2.75) is 25.7 Å². The van der Waals surface area contributed by atoms with Gasteiger partial charge in [-0.1, -0.05) is 0 Å². The van der Waals surface area contributed by atoms with E-state index in [2.05, 4.69) is 38.1 Å². The second-order valence-electron chi connectivity index (χ2n) is 8.15. The summed E-state index contributed by atoms with van der Waals surface area (Å²) >= 11 is 1.82. The van der Waals surface area contributed by atoms with Gasteiger partial charge >= 0.3 is 0 Å². The third kappa shape index (κ3) is 4.73. The number of H-pyrrole nitrogens is 1. The van der Waals surface area contributed by atoms with Crippen molar-refractivity contribution in [1.82, 2.24) is 15.5 Å². The quantitative estimate of drug-likeness (QED) is 0.593. The molecule has 0 atom stereocenters. The van der Waals surface area contributed by atoms with Crippen molar-refractivity contribution in [1.29, 1.82) is 0 Å². The van der Waals surface area contributed by atoms with E-state index in [4.69, 9.17) is 4.74 Å². The fourth-order valence-corrected chi connectivity index (χ4v) is 5.04. The molecule has 6 nitrogen and oxygen atoms in total. The van der Waals surface area contributed by atoms with E-state index in [0.29, 0.717) is 12.1 Å². The maximum Gasteiger partial charge on any atom is 0.255 e. The van der Waals surface area contributed by atoms with Crippen LogP contribution in [0.15, 0.2) is 59.9 Å². The fourth-order valence-electron chi connectivity index (χ4n) is 4.14. The van der Waals surface area contributed by atoms with Gasteiger partial charge in [0.25, 0.3) is 5.91 Å². The average Bonchev–Trinajstić information content (AvgIpc) is 3.47. The molecule has 1 amide bonds. The first kappa shape index (κ1) is 20.0. The number of aryl methyl sites for hydroxylation is 1. The van der Waals surface area contributed by atoms with Crippen molar-refractivity contribution in [3.63, 3.8) is 0 Å². The number of aromatic nitrogens is 2. The summed E-state index contributed by atoms with van der Waals surface area (Å²) in [6.45, 7) is 2.47. The number of benzene rings is 1. The predicted molar refractivity (Wildman–Crippen MR) is 124 cm³/mol. The molecule has 0 aliphatic carbocycles. The zero-order valence-corrected chi connectivity index (χ0v) is 18.2. The van der Waals surface area contributed by atoms with Crippen LogP contribution < -0.4 is 10.2 Å². The number of thiophene rings is 1. The number of ether oxygens (including phenoxy) is 1. The molecule has 3 aromatic rings. The summed E-state index contributed by atoms with van der Waals surface area (Å²) in [5.41, 5.74) is 3.62. The van der Waals surface area contributed by atoms with Gasteiger partial charge in [0.2, 0.25) is 0 Å². The van der Waals surface area contributed by atoms with Crippen LogP contribution >= 0.6 is 11.3 Å². The van der Waals surface area contributed by atoms with E-state index >= 15 is 0 Å². The number of hydrogen-bond donors (Lipinski definition) is 2. The summed E-state index contributed by atoms with van der Waals surface area (Å²) in [6, 6.07) is 7.84. The summed E-state index contributed by atoms with van der Waals surface area (Å²) in [4.78, 5) is 16.3. The Hall–Kier alpha value is -2.90. The van der Waals surface area contributed by atoms with Gasteiger partial charge in [-0.2, -0.15) is 5.10 Å². The Morgan fingerprint density at radius 3 is 3.10 bits per heavy atom. The van der Waals surface area contributed by atoms with Crippen LogP contribution in [0.2, 0.25) is 0 Å². The summed E-state index contributed by atoms with van der Waals surface area (Å²) < 4.78 is 5.46. The molecule has 0 bridgehead atoms. The van der Waals surface area contributed by atoms with Gasteiger partial charge in [-0.15, -0.1) is 11.3 Å². The summed E-state index contributed by atoms with van der Waals surface area (Å²) in [5, 5.41) is 13.1.